The molecule has 0 saturated heterocycles. The van der Waals surface area contributed by atoms with Crippen LogP contribution in [0, 0.1) is 30.1 Å². The van der Waals surface area contributed by atoms with Gasteiger partial charge in [0.2, 0.25) is 0 Å². The van der Waals surface area contributed by atoms with Crippen LogP contribution in [0.15, 0.2) is 36.4 Å². The van der Waals surface area contributed by atoms with Crippen molar-refractivity contribution in [3.8, 4) is 0 Å². The van der Waals surface area contributed by atoms with E-state index in [0.717, 1.165) is 49.7 Å². The van der Waals surface area contributed by atoms with Crippen LogP contribution in [0.5, 0.6) is 0 Å². The molecule has 2 aromatic carbocycles. The zero-order valence-electron chi connectivity index (χ0n) is 20.5. The first-order valence-corrected chi connectivity index (χ1v) is 12.9. The highest BCUT2D eigenvalue weighted by Gasteiger charge is 2.56. The van der Waals surface area contributed by atoms with Crippen LogP contribution in [0.25, 0.3) is 0 Å². The lowest BCUT2D eigenvalue weighted by Crippen LogP contribution is -2.44. The van der Waals surface area contributed by atoms with Crippen molar-refractivity contribution >= 4 is 17.7 Å². The number of rotatable bonds is 6. The van der Waals surface area contributed by atoms with E-state index in [2.05, 4.69) is 13.8 Å². The van der Waals surface area contributed by atoms with Gasteiger partial charge in [-0.15, -0.1) is 0 Å². The first-order chi connectivity index (χ1) is 16.7. The predicted molar refractivity (Wildman–Crippen MR) is 133 cm³/mol. The molecule has 5 rings (SSSR count). The highest BCUT2D eigenvalue weighted by atomic mass is 16.4. The maximum absolute atomic E-state index is 13.4. The van der Waals surface area contributed by atoms with Gasteiger partial charge in [-0.3, -0.25) is 4.79 Å². The van der Waals surface area contributed by atoms with Crippen LogP contribution in [-0.2, 0) is 17.6 Å². The molecule has 2 aromatic rings. The Kier molecular flexibility index (Phi) is 6.06. The van der Waals surface area contributed by atoms with Gasteiger partial charge in [0.25, 0.3) is 0 Å². The molecule has 5 nitrogen and oxygen atoms in total. The summed E-state index contributed by atoms with van der Waals surface area (Å²) >= 11 is 0. The fraction of sp³-hybridized carbons (Fsp3) is 0.500. The number of aryl methyl sites for hydroxylation is 3. The minimum absolute atomic E-state index is 0.0395. The van der Waals surface area contributed by atoms with Gasteiger partial charge in [0.15, 0.2) is 0 Å². The van der Waals surface area contributed by atoms with Gasteiger partial charge in [-0.25, -0.2) is 9.59 Å². The third-order valence-corrected chi connectivity index (χ3v) is 9.52. The Morgan fingerprint density at radius 2 is 1.66 bits per heavy atom. The largest absolute Gasteiger partial charge is 0.478 e. The van der Waals surface area contributed by atoms with Gasteiger partial charge in [0.1, 0.15) is 5.78 Å². The number of carbonyl (C=O) groups is 3. The molecule has 0 radical (unpaired) electrons. The maximum Gasteiger partial charge on any atom is 0.335 e. The summed E-state index contributed by atoms with van der Waals surface area (Å²) in [5, 5.41) is 18.6. The fourth-order valence-corrected chi connectivity index (χ4v) is 7.89. The van der Waals surface area contributed by atoms with Gasteiger partial charge in [-0.2, -0.15) is 0 Å². The lowest BCUT2D eigenvalue weighted by atomic mass is 9.53. The Bertz CT molecular complexity index is 1180. The molecular formula is C30H34O5. The summed E-state index contributed by atoms with van der Waals surface area (Å²) in [4.78, 5) is 36.0. The summed E-state index contributed by atoms with van der Waals surface area (Å²) in [6.07, 6.45) is 7.34. The van der Waals surface area contributed by atoms with Crippen molar-refractivity contribution in [3.05, 3.63) is 69.8 Å². The number of aromatic carboxylic acids is 2. The zero-order chi connectivity index (χ0) is 24.9. The molecule has 5 atom stereocenters. The number of carbonyl (C=O) groups excluding carboxylic acids is 1. The van der Waals surface area contributed by atoms with E-state index in [4.69, 9.17) is 5.11 Å². The van der Waals surface area contributed by atoms with Gasteiger partial charge in [0.05, 0.1) is 11.1 Å². The average molecular weight is 475 g/mol. The number of hydrogen-bond donors (Lipinski definition) is 2. The minimum Gasteiger partial charge on any atom is -0.478 e. The number of Topliss-reactive ketones (excluding diaryl/α,β-unsaturated/α-hetero) is 1. The number of carboxylic acid groups (broad SMARTS) is 2. The van der Waals surface area contributed by atoms with Crippen molar-refractivity contribution in [1.82, 2.24) is 0 Å². The zero-order valence-corrected chi connectivity index (χ0v) is 20.5. The molecule has 2 saturated carbocycles. The summed E-state index contributed by atoms with van der Waals surface area (Å²) in [6.45, 7) is 4.41. The Labute approximate surface area is 206 Å². The second kappa shape index (κ2) is 8.92. The Morgan fingerprint density at radius 1 is 0.943 bits per heavy atom. The standard InChI is InChI=1S/C30H34O5/c1-17-15-21(29(34)35)16-20-8-9-22-23(27(17)20)13-14-30(2)24(22)10-11-25(30)26(31)12-5-18-3-6-19(7-4-18)28(32)33/h3-4,6-7,15-16,22-25H,5,8-14H2,1-2H3,(H,32,33)(H,34,35)/t22-,23+,24+,25-,30+/m1/s1. The first-order valence-electron chi connectivity index (χ1n) is 12.9. The third-order valence-electron chi connectivity index (χ3n) is 9.52. The SMILES string of the molecule is Cc1cc(C(=O)O)cc2c1[C@H]1CC[C@]3(C)[C@@H](C(=O)CCc4ccc(C(=O)O)cc4)CC[C@H]3[C@@H]1CC2. The van der Waals surface area contributed by atoms with Crippen LogP contribution in [0.2, 0.25) is 0 Å². The summed E-state index contributed by atoms with van der Waals surface area (Å²) in [6, 6.07) is 10.6. The number of fused-ring (bicyclic) bond motifs is 5. The Hall–Kier alpha value is -2.95. The lowest BCUT2D eigenvalue weighted by molar-refractivity contribution is -0.128. The van der Waals surface area contributed by atoms with Crippen molar-refractivity contribution in [1.29, 1.82) is 0 Å². The summed E-state index contributed by atoms with van der Waals surface area (Å²) in [7, 11) is 0. The Morgan fingerprint density at radius 3 is 2.34 bits per heavy atom. The van der Waals surface area contributed by atoms with Crippen molar-refractivity contribution in [3.63, 3.8) is 0 Å². The minimum atomic E-state index is -0.934. The van der Waals surface area contributed by atoms with Gasteiger partial charge >= 0.3 is 11.9 Å². The van der Waals surface area contributed by atoms with E-state index in [1.807, 2.05) is 24.3 Å². The van der Waals surface area contributed by atoms with Gasteiger partial charge in [-0.05, 0) is 122 Å². The van der Waals surface area contributed by atoms with Crippen molar-refractivity contribution in [2.75, 3.05) is 0 Å². The molecule has 0 aromatic heterocycles. The highest BCUT2D eigenvalue weighted by Crippen LogP contribution is 2.63. The predicted octanol–water partition coefficient (Wildman–Crippen LogP) is 6.07. The molecule has 2 fully saturated rings. The van der Waals surface area contributed by atoms with Crippen LogP contribution in [-0.4, -0.2) is 27.9 Å². The molecule has 0 spiro atoms. The molecule has 35 heavy (non-hydrogen) atoms. The maximum atomic E-state index is 13.4. The monoisotopic (exact) mass is 474 g/mol. The summed E-state index contributed by atoms with van der Waals surface area (Å²) in [5.41, 5.74) is 5.41. The highest BCUT2D eigenvalue weighted by molar-refractivity contribution is 5.88. The van der Waals surface area contributed by atoms with Crippen molar-refractivity contribution in [2.45, 2.75) is 71.1 Å². The number of ketones is 1. The number of benzene rings is 2. The van der Waals surface area contributed by atoms with E-state index in [9.17, 15) is 19.5 Å². The molecule has 0 heterocycles. The number of carboxylic acids is 2. The van der Waals surface area contributed by atoms with E-state index in [1.54, 1.807) is 12.1 Å². The first kappa shape index (κ1) is 23.8. The summed E-state index contributed by atoms with van der Waals surface area (Å²) in [5.74, 6) is 0.244. The van der Waals surface area contributed by atoms with Crippen LogP contribution in [0.3, 0.4) is 0 Å². The Balaban J connectivity index is 1.30. The van der Waals surface area contributed by atoms with Crippen molar-refractivity contribution in [2.24, 2.45) is 23.2 Å². The molecule has 0 unspecified atom stereocenters. The average Bonchev–Trinajstić information content (AvgIpc) is 3.19. The molecule has 0 amide bonds. The third kappa shape index (κ3) is 4.09. The normalized spacial score (nSPS) is 29.1. The molecule has 5 heteroatoms. The van der Waals surface area contributed by atoms with Gasteiger partial charge < -0.3 is 10.2 Å². The molecule has 0 bridgehead atoms. The smallest absolute Gasteiger partial charge is 0.335 e. The number of hydrogen-bond acceptors (Lipinski definition) is 3. The summed E-state index contributed by atoms with van der Waals surface area (Å²) < 4.78 is 0. The molecule has 2 N–H and O–H groups in total. The van der Waals surface area contributed by atoms with E-state index in [1.165, 1.54) is 11.1 Å². The molecule has 3 aliphatic carbocycles. The van der Waals surface area contributed by atoms with E-state index >= 15 is 0 Å². The fourth-order valence-electron chi connectivity index (χ4n) is 7.89. The lowest BCUT2D eigenvalue weighted by Gasteiger charge is -2.51. The van der Waals surface area contributed by atoms with Gasteiger partial charge in [0, 0.05) is 12.3 Å². The van der Waals surface area contributed by atoms with E-state index < -0.39 is 11.9 Å². The topological polar surface area (TPSA) is 91.7 Å². The van der Waals surface area contributed by atoms with Gasteiger partial charge in [-0.1, -0.05) is 19.1 Å². The molecule has 3 aliphatic rings. The van der Waals surface area contributed by atoms with Crippen LogP contribution < -0.4 is 0 Å². The molecular weight excluding hydrogens is 440 g/mol. The van der Waals surface area contributed by atoms with Crippen LogP contribution >= 0.6 is 0 Å². The van der Waals surface area contributed by atoms with E-state index in [0.29, 0.717) is 41.9 Å². The quantitative estimate of drug-likeness (QED) is 0.530. The van der Waals surface area contributed by atoms with Crippen LogP contribution in [0.4, 0.5) is 0 Å². The van der Waals surface area contributed by atoms with E-state index in [-0.39, 0.29) is 16.9 Å². The molecule has 0 aliphatic heterocycles. The second-order valence-corrected chi connectivity index (χ2v) is 11.2. The second-order valence-electron chi connectivity index (χ2n) is 11.2. The molecule has 184 valence electrons. The van der Waals surface area contributed by atoms with Crippen LogP contribution in [0.1, 0.15) is 94.3 Å². The van der Waals surface area contributed by atoms with Crippen molar-refractivity contribution < 1.29 is 24.6 Å².